The first-order valence-corrected chi connectivity index (χ1v) is 9.87. The fourth-order valence-electron chi connectivity index (χ4n) is 3.73. The van der Waals surface area contributed by atoms with Gasteiger partial charge in [-0.25, -0.2) is 9.78 Å². The predicted octanol–water partition coefficient (Wildman–Crippen LogP) is 2.11. The molecule has 3 atom stereocenters. The van der Waals surface area contributed by atoms with Crippen molar-refractivity contribution in [3.8, 4) is 0 Å². The van der Waals surface area contributed by atoms with Crippen molar-refractivity contribution in [3.05, 3.63) is 23.4 Å². The molecule has 1 saturated carbocycles. The third-order valence-corrected chi connectivity index (χ3v) is 5.67. The average Bonchev–Trinajstić information content (AvgIpc) is 2.91. The monoisotopic (exact) mass is 422 g/mol. The number of pyridine rings is 1. The van der Waals surface area contributed by atoms with Gasteiger partial charge in [0.15, 0.2) is 6.10 Å². The van der Waals surface area contributed by atoms with Crippen LogP contribution in [0.4, 0.5) is 10.6 Å². The molecule has 10 heteroatoms. The van der Waals surface area contributed by atoms with Crippen molar-refractivity contribution >= 4 is 41.2 Å². The molecule has 9 nitrogen and oxygen atoms in total. The smallest absolute Gasteiger partial charge is 0.327 e. The van der Waals surface area contributed by atoms with Crippen LogP contribution in [-0.2, 0) is 19.1 Å². The van der Waals surface area contributed by atoms with Crippen molar-refractivity contribution in [2.75, 3.05) is 11.9 Å². The molecule has 2 fully saturated rings. The number of aromatic nitrogens is 1. The van der Waals surface area contributed by atoms with Gasteiger partial charge < -0.3 is 15.4 Å². The first kappa shape index (κ1) is 21.0. The van der Waals surface area contributed by atoms with Gasteiger partial charge in [0.05, 0.1) is 5.02 Å². The van der Waals surface area contributed by atoms with Crippen LogP contribution in [-0.4, -0.2) is 51.9 Å². The molecule has 29 heavy (non-hydrogen) atoms. The molecule has 1 spiro atoms. The minimum Gasteiger partial charge on any atom is -0.451 e. The van der Waals surface area contributed by atoms with Crippen LogP contribution in [0.15, 0.2) is 18.3 Å². The number of nitrogens with zero attached hydrogens (tertiary/aromatic N) is 2. The number of esters is 1. The lowest BCUT2D eigenvalue weighted by Gasteiger charge is -2.36. The van der Waals surface area contributed by atoms with Crippen molar-refractivity contribution in [1.82, 2.24) is 15.2 Å². The maximum atomic E-state index is 12.9. The Labute approximate surface area is 173 Å². The quantitative estimate of drug-likeness (QED) is 0.554. The van der Waals surface area contributed by atoms with Crippen LogP contribution in [0, 0.1) is 5.92 Å². The molecule has 156 valence electrons. The number of anilines is 1. The molecule has 1 aromatic heterocycles. The van der Waals surface area contributed by atoms with Crippen LogP contribution in [0.1, 0.15) is 39.5 Å². The summed E-state index contributed by atoms with van der Waals surface area (Å²) in [6.45, 7) is 2.77. The fraction of sp³-hybridized carbons (Fsp3) is 0.526. The normalized spacial score (nSPS) is 24.9. The Kier molecular flexibility index (Phi) is 6.07. The summed E-state index contributed by atoms with van der Waals surface area (Å²) >= 11 is 5.74. The molecule has 1 saturated heterocycles. The van der Waals surface area contributed by atoms with Gasteiger partial charge >= 0.3 is 12.0 Å². The molecule has 0 aromatic carbocycles. The lowest BCUT2D eigenvalue weighted by atomic mass is 9.73. The van der Waals surface area contributed by atoms with Gasteiger partial charge in [-0.15, -0.1) is 0 Å². The first-order valence-electron chi connectivity index (χ1n) is 9.49. The summed E-state index contributed by atoms with van der Waals surface area (Å²) in [5, 5.41) is 5.68. The van der Waals surface area contributed by atoms with E-state index in [1.807, 2.05) is 6.92 Å². The third kappa shape index (κ3) is 4.34. The second kappa shape index (κ2) is 8.36. The van der Waals surface area contributed by atoms with Crippen LogP contribution >= 0.6 is 11.6 Å². The summed E-state index contributed by atoms with van der Waals surface area (Å²) in [7, 11) is 0. The van der Waals surface area contributed by atoms with E-state index in [1.54, 1.807) is 6.07 Å². The lowest BCUT2D eigenvalue weighted by Crippen LogP contribution is -2.54. The molecule has 2 aliphatic rings. The maximum Gasteiger partial charge on any atom is 0.327 e. The van der Waals surface area contributed by atoms with E-state index >= 15 is 0 Å². The number of imide groups is 1. The van der Waals surface area contributed by atoms with Crippen LogP contribution in [0.5, 0.6) is 0 Å². The standard InChI is InChI=1S/C19H23ClN4O5/c1-11-5-3-4-8-19(11)17(27)24(18(28)23-19)10-15(25)29-12(2)16(26)22-14-7-6-13(20)9-21-14/h6-7,9,11-12H,3-5,8,10H2,1-2H3,(H,23,28)(H,21,22,26)/t11-,12-,19+/m0/s1. The second-order valence-electron chi connectivity index (χ2n) is 7.42. The SMILES string of the molecule is C[C@H](OC(=O)CN1C(=O)N[C@@]2(CCCC[C@@H]2C)C1=O)C(=O)Nc1ccc(Cl)cn1. The van der Waals surface area contributed by atoms with Crippen LogP contribution in [0.2, 0.25) is 5.02 Å². The highest BCUT2D eigenvalue weighted by Gasteiger charge is 2.55. The van der Waals surface area contributed by atoms with Gasteiger partial charge in [-0.3, -0.25) is 19.3 Å². The Balaban J connectivity index is 1.57. The molecule has 2 heterocycles. The number of halogens is 1. The van der Waals surface area contributed by atoms with E-state index in [9.17, 15) is 19.2 Å². The van der Waals surface area contributed by atoms with Gasteiger partial charge in [-0.05, 0) is 37.8 Å². The molecule has 0 bridgehead atoms. The maximum absolute atomic E-state index is 12.9. The first-order chi connectivity index (χ1) is 13.7. The molecular formula is C19H23ClN4O5. The molecule has 0 radical (unpaired) electrons. The molecule has 1 aromatic rings. The Morgan fingerprint density at radius 3 is 2.83 bits per heavy atom. The van der Waals surface area contributed by atoms with Crippen LogP contribution in [0.25, 0.3) is 0 Å². The predicted molar refractivity (Wildman–Crippen MR) is 104 cm³/mol. The van der Waals surface area contributed by atoms with E-state index < -0.39 is 42.0 Å². The van der Waals surface area contributed by atoms with Gasteiger partial charge in [0, 0.05) is 6.20 Å². The summed E-state index contributed by atoms with van der Waals surface area (Å²) in [5.41, 5.74) is -0.946. The van der Waals surface area contributed by atoms with Crippen molar-refractivity contribution in [2.24, 2.45) is 5.92 Å². The Morgan fingerprint density at radius 2 is 2.17 bits per heavy atom. The zero-order chi connectivity index (χ0) is 21.2. The summed E-state index contributed by atoms with van der Waals surface area (Å²) in [6.07, 6.45) is 3.46. The number of urea groups is 1. The molecule has 1 aliphatic heterocycles. The Bertz CT molecular complexity index is 830. The van der Waals surface area contributed by atoms with Crippen LogP contribution < -0.4 is 10.6 Å². The van der Waals surface area contributed by atoms with E-state index in [1.165, 1.54) is 19.2 Å². The van der Waals surface area contributed by atoms with E-state index in [-0.39, 0.29) is 11.7 Å². The Morgan fingerprint density at radius 1 is 1.41 bits per heavy atom. The minimum atomic E-state index is -1.14. The Hall–Kier alpha value is -2.68. The molecule has 2 N–H and O–H groups in total. The fourth-order valence-corrected chi connectivity index (χ4v) is 3.85. The second-order valence-corrected chi connectivity index (χ2v) is 7.86. The third-order valence-electron chi connectivity index (χ3n) is 5.44. The molecule has 4 amide bonds. The molecule has 0 unspecified atom stereocenters. The van der Waals surface area contributed by atoms with Gasteiger partial charge in [0.1, 0.15) is 17.9 Å². The number of hydrogen-bond donors (Lipinski definition) is 2. The molecule has 3 rings (SSSR count). The highest BCUT2D eigenvalue weighted by Crippen LogP contribution is 2.38. The van der Waals surface area contributed by atoms with Crippen molar-refractivity contribution in [1.29, 1.82) is 0 Å². The number of amides is 4. The van der Waals surface area contributed by atoms with Crippen LogP contribution in [0.3, 0.4) is 0 Å². The van der Waals surface area contributed by atoms with Gasteiger partial charge in [-0.2, -0.15) is 0 Å². The van der Waals surface area contributed by atoms with Gasteiger partial charge in [-0.1, -0.05) is 31.4 Å². The number of carbonyl (C=O) groups is 4. The molecule has 1 aliphatic carbocycles. The van der Waals surface area contributed by atoms with E-state index in [4.69, 9.17) is 16.3 Å². The van der Waals surface area contributed by atoms with E-state index in [2.05, 4.69) is 15.6 Å². The summed E-state index contributed by atoms with van der Waals surface area (Å²) in [5.74, 6) is -1.60. The summed E-state index contributed by atoms with van der Waals surface area (Å²) < 4.78 is 5.09. The topological polar surface area (TPSA) is 118 Å². The summed E-state index contributed by atoms with van der Waals surface area (Å²) in [4.78, 5) is 54.4. The number of hydrogen-bond acceptors (Lipinski definition) is 6. The van der Waals surface area contributed by atoms with Crippen molar-refractivity contribution in [3.63, 3.8) is 0 Å². The van der Waals surface area contributed by atoms with Crippen molar-refractivity contribution < 1.29 is 23.9 Å². The number of carbonyl (C=O) groups excluding carboxylic acids is 4. The van der Waals surface area contributed by atoms with Gasteiger partial charge in [0.25, 0.3) is 11.8 Å². The largest absolute Gasteiger partial charge is 0.451 e. The summed E-state index contributed by atoms with van der Waals surface area (Å²) in [6, 6.07) is 2.45. The zero-order valence-electron chi connectivity index (χ0n) is 16.2. The lowest BCUT2D eigenvalue weighted by molar-refractivity contribution is -0.155. The number of nitrogens with one attached hydrogen (secondary N) is 2. The van der Waals surface area contributed by atoms with Gasteiger partial charge in [0.2, 0.25) is 0 Å². The molecular weight excluding hydrogens is 400 g/mol. The van der Waals surface area contributed by atoms with E-state index in [0.717, 1.165) is 24.2 Å². The number of ether oxygens (including phenoxy) is 1. The van der Waals surface area contributed by atoms with E-state index in [0.29, 0.717) is 11.4 Å². The van der Waals surface area contributed by atoms with Crippen molar-refractivity contribution in [2.45, 2.75) is 51.2 Å². The average molecular weight is 423 g/mol. The highest BCUT2D eigenvalue weighted by atomic mass is 35.5. The zero-order valence-corrected chi connectivity index (χ0v) is 17.0. The highest BCUT2D eigenvalue weighted by molar-refractivity contribution is 6.30. The minimum absolute atomic E-state index is 0.00898. The number of rotatable bonds is 5.